The maximum atomic E-state index is 12.3. The number of aromatic amines is 1. The monoisotopic (exact) mass is 321 g/mol. The molecule has 1 aliphatic rings. The van der Waals surface area contributed by atoms with E-state index in [2.05, 4.69) is 15.5 Å². The van der Waals surface area contributed by atoms with E-state index in [0.717, 1.165) is 29.5 Å². The topological polar surface area (TPSA) is 67.0 Å². The van der Waals surface area contributed by atoms with Crippen molar-refractivity contribution in [2.45, 2.75) is 31.8 Å². The van der Waals surface area contributed by atoms with Gasteiger partial charge in [0.1, 0.15) is 5.75 Å². The van der Waals surface area contributed by atoms with Crippen LogP contribution in [0.1, 0.15) is 36.0 Å². The number of hydrogen-bond donors (Lipinski definition) is 2. The fourth-order valence-electron chi connectivity index (χ4n) is 3.14. The Balaban J connectivity index is 1.53. The number of aromatic nitrogens is 2. The van der Waals surface area contributed by atoms with Gasteiger partial charge in [-0.1, -0.05) is 18.2 Å². The summed E-state index contributed by atoms with van der Waals surface area (Å²) >= 11 is 0. The van der Waals surface area contributed by atoms with Crippen molar-refractivity contribution in [3.8, 4) is 5.75 Å². The van der Waals surface area contributed by atoms with Crippen molar-refractivity contribution in [3.63, 3.8) is 0 Å². The smallest absolute Gasteiger partial charge is 0.256 e. The number of H-pyrrole nitrogens is 1. The molecule has 2 aromatic carbocycles. The molecule has 1 aromatic heterocycles. The second-order valence-corrected chi connectivity index (χ2v) is 6.12. The molecule has 0 spiro atoms. The number of nitrogens with one attached hydrogen (secondary N) is 2. The Morgan fingerprint density at radius 3 is 2.71 bits per heavy atom. The Labute approximate surface area is 140 Å². The maximum Gasteiger partial charge on any atom is 0.256 e. The van der Waals surface area contributed by atoms with Gasteiger partial charge in [0, 0.05) is 17.0 Å². The Morgan fingerprint density at radius 2 is 1.92 bits per heavy atom. The SMILES string of the molecule is O=C(Nc1n[nH]c2cc(OC3CCCC3)ccc12)c1ccccc1. The number of hydrogen-bond acceptors (Lipinski definition) is 3. The van der Waals surface area contributed by atoms with Crippen LogP contribution < -0.4 is 10.1 Å². The summed E-state index contributed by atoms with van der Waals surface area (Å²) in [7, 11) is 0. The van der Waals surface area contributed by atoms with Gasteiger partial charge in [0.05, 0.1) is 11.6 Å². The van der Waals surface area contributed by atoms with Crippen molar-refractivity contribution >= 4 is 22.6 Å². The van der Waals surface area contributed by atoms with Crippen LogP contribution in [0.4, 0.5) is 5.82 Å². The number of amides is 1. The molecule has 3 aromatic rings. The summed E-state index contributed by atoms with van der Waals surface area (Å²) in [5.74, 6) is 1.21. The van der Waals surface area contributed by atoms with Gasteiger partial charge in [-0.05, 0) is 49.9 Å². The van der Waals surface area contributed by atoms with E-state index < -0.39 is 0 Å². The lowest BCUT2D eigenvalue weighted by molar-refractivity contribution is 0.102. The molecule has 0 bridgehead atoms. The molecule has 0 saturated heterocycles. The molecular weight excluding hydrogens is 302 g/mol. The summed E-state index contributed by atoms with van der Waals surface area (Å²) in [6.45, 7) is 0. The van der Waals surface area contributed by atoms with E-state index in [1.54, 1.807) is 12.1 Å². The van der Waals surface area contributed by atoms with Gasteiger partial charge in [-0.15, -0.1) is 0 Å². The highest BCUT2D eigenvalue weighted by Crippen LogP contribution is 2.28. The fourth-order valence-corrected chi connectivity index (χ4v) is 3.14. The first-order valence-corrected chi connectivity index (χ1v) is 8.31. The Hall–Kier alpha value is -2.82. The van der Waals surface area contributed by atoms with E-state index in [9.17, 15) is 4.79 Å². The van der Waals surface area contributed by atoms with Gasteiger partial charge < -0.3 is 10.1 Å². The van der Waals surface area contributed by atoms with E-state index in [1.807, 2.05) is 36.4 Å². The van der Waals surface area contributed by atoms with Crippen LogP contribution in [-0.2, 0) is 0 Å². The van der Waals surface area contributed by atoms with Crippen molar-refractivity contribution in [3.05, 3.63) is 54.1 Å². The summed E-state index contributed by atoms with van der Waals surface area (Å²) in [5, 5.41) is 10.9. The Morgan fingerprint density at radius 1 is 1.12 bits per heavy atom. The third-order valence-electron chi connectivity index (χ3n) is 4.41. The number of carbonyl (C=O) groups excluding carboxylic acids is 1. The lowest BCUT2D eigenvalue weighted by atomic mass is 10.2. The van der Waals surface area contributed by atoms with Gasteiger partial charge in [-0.25, -0.2) is 0 Å². The highest BCUT2D eigenvalue weighted by molar-refractivity contribution is 6.07. The van der Waals surface area contributed by atoms with Gasteiger partial charge >= 0.3 is 0 Å². The summed E-state index contributed by atoms with van der Waals surface area (Å²) < 4.78 is 6.01. The first kappa shape index (κ1) is 14.8. The van der Waals surface area contributed by atoms with Gasteiger partial charge in [0.2, 0.25) is 0 Å². The molecule has 122 valence electrons. The van der Waals surface area contributed by atoms with E-state index in [4.69, 9.17) is 4.74 Å². The lowest BCUT2D eigenvalue weighted by Crippen LogP contribution is -2.12. The molecular formula is C19H19N3O2. The first-order valence-electron chi connectivity index (χ1n) is 8.31. The number of carbonyl (C=O) groups is 1. The van der Waals surface area contributed by atoms with Crippen LogP contribution in [0.15, 0.2) is 48.5 Å². The van der Waals surface area contributed by atoms with Gasteiger partial charge in [-0.3, -0.25) is 9.89 Å². The average molecular weight is 321 g/mol. The van der Waals surface area contributed by atoms with Crippen molar-refractivity contribution in [2.75, 3.05) is 5.32 Å². The van der Waals surface area contributed by atoms with Crippen LogP contribution in [0.3, 0.4) is 0 Å². The molecule has 0 aliphatic heterocycles. The standard InChI is InChI=1S/C19H19N3O2/c23-19(13-6-2-1-3-7-13)20-18-16-11-10-15(12-17(16)21-22-18)24-14-8-4-5-9-14/h1-3,6-7,10-12,14H,4-5,8-9H2,(H2,20,21,22,23). The van der Waals surface area contributed by atoms with E-state index in [-0.39, 0.29) is 5.91 Å². The molecule has 1 aliphatic carbocycles. The second kappa shape index (κ2) is 6.35. The molecule has 4 rings (SSSR count). The number of benzene rings is 2. The number of anilines is 1. The van der Waals surface area contributed by atoms with Crippen molar-refractivity contribution in [1.82, 2.24) is 10.2 Å². The summed E-state index contributed by atoms with van der Waals surface area (Å²) in [4.78, 5) is 12.3. The van der Waals surface area contributed by atoms with Crippen LogP contribution in [-0.4, -0.2) is 22.2 Å². The molecule has 0 radical (unpaired) electrons. The van der Waals surface area contributed by atoms with Crippen molar-refractivity contribution < 1.29 is 9.53 Å². The lowest BCUT2D eigenvalue weighted by Gasteiger charge is -2.12. The Bertz CT molecular complexity index is 851. The number of fused-ring (bicyclic) bond motifs is 1. The second-order valence-electron chi connectivity index (χ2n) is 6.12. The van der Waals surface area contributed by atoms with Gasteiger partial charge in [0.25, 0.3) is 5.91 Å². The largest absolute Gasteiger partial charge is 0.490 e. The molecule has 2 N–H and O–H groups in total. The number of ether oxygens (including phenoxy) is 1. The minimum Gasteiger partial charge on any atom is -0.490 e. The van der Waals surface area contributed by atoms with Crippen LogP contribution in [0.2, 0.25) is 0 Å². The molecule has 1 fully saturated rings. The van der Waals surface area contributed by atoms with Crippen molar-refractivity contribution in [2.24, 2.45) is 0 Å². The molecule has 0 atom stereocenters. The van der Waals surface area contributed by atoms with Crippen LogP contribution >= 0.6 is 0 Å². The third kappa shape index (κ3) is 2.97. The maximum absolute atomic E-state index is 12.3. The summed E-state index contributed by atoms with van der Waals surface area (Å²) in [5.41, 5.74) is 1.46. The molecule has 1 saturated carbocycles. The van der Waals surface area contributed by atoms with Gasteiger partial charge in [0.15, 0.2) is 5.82 Å². The number of nitrogens with zero attached hydrogens (tertiary/aromatic N) is 1. The summed E-state index contributed by atoms with van der Waals surface area (Å²) in [6.07, 6.45) is 5.06. The molecule has 5 nitrogen and oxygen atoms in total. The highest BCUT2D eigenvalue weighted by atomic mass is 16.5. The summed E-state index contributed by atoms with van der Waals surface area (Å²) in [6, 6.07) is 14.9. The quantitative estimate of drug-likeness (QED) is 0.759. The predicted octanol–water partition coefficient (Wildman–Crippen LogP) is 4.14. The van der Waals surface area contributed by atoms with E-state index in [0.29, 0.717) is 17.5 Å². The normalized spacial score (nSPS) is 14.8. The molecule has 5 heteroatoms. The Kier molecular flexibility index (Phi) is 3.91. The predicted molar refractivity (Wildman–Crippen MR) is 93.4 cm³/mol. The fraction of sp³-hybridized carbons (Fsp3) is 0.263. The minimum absolute atomic E-state index is 0.171. The zero-order valence-corrected chi connectivity index (χ0v) is 13.3. The van der Waals surface area contributed by atoms with Crippen molar-refractivity contribution in [1.29, 1.82) is 0 Å². The zero-order valence-electron chi connectivity index (χ0n) is 13.3. The molecule has 1 amide bonds. The molecule has 0 unspecified atom stereocenters. The third-order valence-corrected chi connectivity index (χ3v) is 4.41. The average Bonchev–Trinajstić information content (AvgIpc) is 3.26. The highest BCUT2D eigenvalue weighted by Gasteiger charge is 2.17. The minimum atomic E-state index is -0.171. The first-order chi connectivity index (χ1) is 11.8. The van der Waals surface area contributed by atoms with E-state index >= 15 is 0 Å². The molecule has 1 heterocycles. The van der Waals surface area contributed by atoms with Crippen LogP contribution in [0.5, 0.6) is 5.75 Å². The number of rotatable bonds is 4. The van der Waals surface area contributed by atoms with Crippen LogP contribution in [0.25, 0.3) is 10.9 Å². The van der Waals surface area contributed by atoms with Gasteiger partial charge in [-0.2, -0.15) is 5.10 Å². The molecule has 24 heavy (non-hydrogen) atoms. The van der Waals surface area contributed by atoms with E-state index in [1.165, 1.54) is 12.8 Å². The zero-order chi connectivity index (χ0) is 16.4. The van der Waals surface area contributed by atoms with Crippen LogP contribution in [0, 0.1) is 0 Å².